The molecule has 0 unspecified atom stereocenters. The van der Waals surface area contributed by atoms with Crippen molar-refractivity contribution in [3.05, 3.63) is 45.2 Å². The van der Waals surface area contributed by atoms with E-state index < -0.39 is 12.4 Å². The number of nitrogens with one attached hydrogen (secondary N) is 2. The smallest absolute Gasteiger partial charge is 0.387 e. The molecule has 1 aromatic heterocycles. The molecule has 0 bridgehead atoms. The molecule has 0 fully saturated rings. The lowest BCUT2D eigenvalue weighted by Gasteiger charge is -2.15. The first kappa shape index (κ1) is 19.0. The molecule has 0 radical (unpaired) electrons. The van der Waals surface area contributed by atoms with Crippen LogP contribution in [0.2, 0.25) is 0 Å². The maximum absolute atomic E-state index is 13.9. The van der Waals surface area contributed by atoms with Gasteiger partial charge in [0.1, 0.15) is 11.6 Å². The van der Waals surface area contributed by atoms with E-state index in [0.717, 1.165) is 15.6 Å². The lowest BCUT2D eigenvalue weighted by Crippen LogP contribution is -2.36. The van der Waals surface area contributed by atoms with E-state index in [-0.39, 0.29) is 17.9 Å². The summed E-state index contributed by atoms with van der Waals surface area (Å²) in [4.78, 5) is 9.45. The molecule has 0 aliphatic heterocycles. The molecule has 2 rings (SSSR count). The Morgan fingerprint density at radius 2 is 2.00 bits per heavy atom. The number of rotatable bonds is 6. The van der Waals surface area contributed by atoms with Crippen molar-refractivity contribution < 1.29 is 17.9 Å². The van der Waals surface area contributed by atoms with Gasteiger partial charge in [-0.25, -0.2) is 9.37 Å². The molecule has 2 aromatic rings. The van der Waals surface area contributed by atoms with Crippen molar-refractivity contribution in [3.63, 3.8) is 0 Å². The Balaban J connectivity index is 2.00. The number of nitrogens with zero attached hydrogens (tertiary/aromatic N) is 2. The largest absolute Gasteiger partial charge is 0.434 e. The maximum atomic E-state index is 13.9. The van der Waals surface area contributed by atoms with Crippen molar-refractivity contribution in [1.82, 2.24) is 15.6 Å². The van der Waals surface area contributed by atoms with Crippen LogP contribution in [0, 0.1) is 19.7 Å². The molecule has 0 saturated carbocycles. The summed E-state index contributed by atoms with van der Waals surface area (Å²) in [5, 5.41) is 6.95. The third-order valence-corrected chi connectivity index (χ3v) is 4.44. The van der Waals surface area contributed by atoms with Crippen molar-refractivity contribution in [2.75, 3.05) is 7.05 Å². The van der Waals surface area contributed by atoms with E-state index in [1.807, 2.05) is 13.8 Å². The topological polar surface area (TPSA) is 58.5 Å². The monoisotopic (exact) mass is 372 g/mol. The van der Waals surface area contributed by atoms with Crippen LogP contribution in [0.1, 0.15) is 21.1 Å². The first-order valence-electron chi connectivity index (χ1n) is 7.50. The van der Waals surface area contributed by atoms with Gasteiger partial charge in [-0.2, -0.15) is 8.78 Å². The van der Waals surface area contributed by atoms with Crippen LogP contribution in [0.25, 0.3) is 0 Å². The Bertz CT molecular complexity index is 749. The van der Waals surface area contributed by atoms with Gasteiger partial charge in [-0.05, 0) is 26.0 Å². The van der Waals surface area contributed by atoms with Gasteiger partial charge in [0.25, 0.3) is 0 Å². The van der Waals surface area contributed by atoms with E-state index >= 15 is 0 Å². The number of hydrogen-bond donors (Lipinski definition) is 2. The van der Waals surface area contributed by atoms with Crippen molar-refractivity contribution in [3.8, 4) is 5.75 Å². The number of aliphatic imine (C=N–C) groups is 1. The predicted octanol–water partition coefficient (Wildman–Crippen LogP) is 3.37. The van der Waals surface area contributed by atoms with E-state index in [2.05, 4.69) is 25.3 Å². The number of benzene rings is 1. The zero-order valence-corrected chi connectivity index (χ0v) is 14.9. The molecule has 0 spiro atoms. The first-order chi connectivity index (χ1) is 11.9. The number of guanidine groups is 1. The SMILES string of the molecule is CN=C(NCc1sc(C)nc1C)NCc1c(F)cccc1OC(F)F. The number of thiazole rings is 1. The van der Waals surface area contributed by atoms with E-state index in [1.165, 1.54) is 18.2 Å². The fourth-order valence-electron chi connectivity index (χ4n) is 2.21. The highest BCUT2D eigenvalue weighted by molar-refractivity contribution is 7.11. The van der Waals surface area contributed by atoms with Crippen LogP contribution in [0.3, 0.4) is 0 Å². The van der Waals surface area contributed by atoms with Crippen LogP contribution >= 0.6 is 11.3 Å². The van der Waals surface area contributed by atoms with E-state index in [4.69, 9.17) is 0 Å². The quantitative estimate of drug-likeness (QED) is 0.603. The summed E-state index contributed by atoms with van der Waals surface area (Å²) in [6.45, 7) is 1.29. The fourth-order valence-corrected chi connectivity index (χ4v) is 3.09. The van der Waals surface area contributed by atoms with Gasteiger partial charge in [0, 0.05) is 24.0 Å². The van der Waals surface area contributed by atoms with Gasteiger partial charge in [0.2, 0.25) is 0 Å². The Hall–Kier alpha value is -2.29. The normalized spacial score (nSPS) is 11.7. The number of halogens is 3. The molecule has 0 atom stereocenters. The zero-order valence-electron chi connectivity index (χ0n) is 14.1. The Labute approximate surface area is 148 Å². The number of hydrogen-bond acceptors (Lipinski definition) is 4. The Morgan fingerprint density at radius 3 is 2.60 bits per heavy atom. The van der Waals surface area contributed by atoms with Gasteiger partial charge < -0.3 is 15.4 Å². The summed E-state index contributed by atoms with van der Waals surface area (Å²) in [6.07, 6.45) is 0. The first-order valence-corrected chi connectivity index (χ1v) is 8.32. The van der Waals surface area contributed by atoms with Crippen molar-refractivity contribution in [2.24, 2.45) is 4.99 Å². The molecule has 0 saturated heterocycles. The molecule has 0 amide bonds. The average molecular weight is 372 g/mol. The summed E-state index contributed by atoms with van der Waals surface area (Å²) >= 11 is 1.57. The highest BCUT2D eigenvalue weighted by Crippen LogP contribution is 2.23. The van der Waals surface area contributed by atoms with Gasteiger partial charge in [-0.1, -0.05) is 6.07 Å². The van der Waals surface area contributed by atoms with Crippen LogP contribution in [0.5, 0.6) is 5.75 Å². The highest BCUT2D eigenvalue weighted by Gasteiger charge is 2.14. The molecule has 136 valence electrons. The van der Waals surface area contributed by atoms with Crippen LogP contribution < -0.4 is 15.4 Å². The summed E-state index contributed by atoms with van der Waals surface area (Å²) in [7, 11) is 1.57. The average Bonchev–Trinajstić information content (AvgIpc) is 2.86. The number of ether oxygens (including phenoxy) is 1. The van der Waals surface area contributed by atoms with Crippen LogP contribution in [-0.2, 0) is 13.1 Å². The van der Waals surface area contributed by atoms with Gasteiger partial charge >= 0.3 is 6.61 Å². The molecular weight excluding hydrogens is 353 g/mol. The van der Waals surface area contributed by atoms with Crippen molar-refractivity contribution in [2.45, 2.75) is 33.5 Å². The summed E-state index contributed by atoms with van der Waals surface area (Å²) < 4.78 is 43.2. The van der Waals surface area contributed by atoms with Gasteiger partial charge in [0.05, 0.1) is 17.2 Å². The second-order valence-electron chi connectivity index (χ2n) is 5.12. The summed E-state index contributed by atoms with van der Waals surface area (Å²) in [6, 6.07) is 3.80. The molecule has 1 aromatic carbocycles. The minimum atomic E-state index is -3.02. The molecule has 2 N–H and O–H groups in total. The van der Waals surface area contributed by atoms with Crippen LogP contribution in [0.4, 0.5) is 13.2 Å². The summed E-state index contributed by atoms with van der Waals surface area (Å²) in [5.74, 6) is -0.418. The molecule has 5 nitrogen and oxygen atoms in total. The van der Waals surface area contributed by atoms with Crippen LogP contribution in [-0.4, -0.2) is 24.6 Å². The molecule has 9 heteroatoms. The third-order valence-electron chi connectivity index (χ3n) is 3.36. The van der Waals surface area contributed by atoms with Gasteiger partial charge in [0.15, 0.2) is 5.96 Å². The van der Waals surface area contributed by atoms with Crippen molar-refractivity contribution in [1.29, 1.82) is 0 Å². The lowest BCUT2D eigenvalue weighted by molar-refractivity contribution is -0.0506. The summed E-state index contributed by atoms with van der Waals surface area (Å²) in [5.41, 5.74) is 0.947. The highest BCUT2D eigenvalue weighted by atomic mass is 32.1. The second-order valence-corrected chi connectivity index (χ2v) is 6.40. The van der Waals surface area contributed by atoms with E-state index in [9.17, 15) is 13.2 Å². The minimum absolute atomic E-state index is 0.00978. The van der Waals surface area contributed by atoms with Crippen molar-refractivity contribution >= 4 is 17.3 Å². The van der Waals surface area contributed by atoms with Crippen LogP contribution in [0.15, 0.2) is 23.2 Å². The molecule has 25 heavy (non-hydrogen) atoms. The van der Waals surface area contributed by atoms with E-state index in [0.29, 0.717) is 12.5 Å². The minimum Gasteiger partial charge on any atom is -0.434 e. The Kier molecular flexibility index (Phi) is 6.63. The second kappa shape index (κ2) is 8.70. The predicted molar refractivity (Wildman–Crippen MR) is 91.7 cm³/mol. The maximum Gasteiger partial charge on any atom is 0.387 e. The lowest BCUT2D eigenvalue weighted by atomic mass is 10.2. The number of alkyl halides is 2. The molecular formula is C16H19F3N4OS. The van der Waals surface area contributed by atoms with E-state index in [1.54, 1.807) is 18.4 Å². The number of aryl methyl sites for hydroxylation is 2. The third kappa shape index (κ3) is 5.35. The van der Waals surface area contributed by atoms with Gasteiger partial charge in [-0.15, -0.1) is 11.3 Å². The zero-order chi connectivity index (χ0) is 18.4. The molecule has 1 heterocycles. The number of aromatic nitrogens is 1. The molecule has 0 aliphatic rings. The fraction of sp³-hybridized carbons (Fsp3) is 0.375. The Morgan fingerprint density at radius 1 is 1.28 bits per heavy atom. The standard InChI is InChI=1S/C16H19F3N4OS/c1-9-14(25-10(2)23-9)8-22-16(20-3)21-7-11-12(17)5-4-6-13(11)24-15(18)19/h4-6,15H,7-8H2,1-3H3,(H2,20,21,22). The van der Waals surface area contributed by atoms with Gasteiger partial charge in [-0.3, -0.25) is 4.99 Å². The molecule has 0 aliphatic carbocycles.